The largest absolute Gasteiger partial charge is 0.481 e. The lowest BCUT2D eigenvalue weighted by Gasteiger charge is -2.12. The molecule has 9 heteroatoms. The molecule has 1 amide bonds. The number of rotatable bonds is 28. The number of carboxylic acid groups (broad SMARTS) is 2. The van der Waals surface area contributed by atoms with Crippen molar-refractivity contribution in [1.82, 2.24) is 5.32 Å². The zero-order valence-electron chi connectivity index (χ0n) is 23.0. The number of hydrogen-bond acceptors (Lipinski definition) is 6. The monoisotopic (exact) mass is 529 g/mol. The lowest BCUT2D eigenvalue weighted by atomic mass is 9.94. The summed E-state index contributed by atoms with van der Waals surface area (Å²) in [6.07, 6.45) is 13.8. The van der Waals surface area contributed by atoms with Crippen molar-refractivity contribution in [2.75, 3.05) is 33.0 Å². The standard InChI is InChI=1S/C28H51NO8/c1-2-36-21-22-37-20-19-29-26(31)18-17-24(28(34)35)23-25(30)15-13-11-9-7-5-3-4-6-8-10-12-14-16-27(32)33/h24H,2-23H2,1H3,(H,29,31)(H,32,33)(H,34,35). The minimum atomic E-state index is -1.03. The van der Waals surface area contributed by atoms with E-state index in [4.69, 9.17) is 14.6 Å². The van der Waals surface area contributed by atoms with Crippen molar-refractivity contribution < 1.29 is 38.9 Å². The highest BCUT2D eigenvalue weighted by molar-refractivity contribution is 5.84. The van der Waals surface area contributed by atoms with Gasteiger partial charge in [-0.05, 0) is 26.2 Å². The molecule has 0 aliphatic heterocycles. The number of nitrogens with one attached hydrogen (secondary N) is 1. The minimum absolute atomic E-state index is 0.0144. The first-order valence-electron chi connectivity index (χ1n) is 14.2. The molecule has 0 aromatic carbocycles. The highest BCUT2D eigenvalue weighted by atomic mass is 16.5. The van der Waals surface area contributed by atoms with E-state index in [1.54, 1.807) is 0 Å². The Balaban J connectivity index is 3.68. The van der Waals surface area contributed by atoms with E-state index < -0.39 is 17.9 Å². The number of aliphatic carboxylic acids is 2. The molecule has 3 N–H and O–H groups in total. The van der Waals surface area contributed by atoms with Crippen LogP contribution >= 0.6 is 0 Å². The third kappa shape index (κ3) is 25.4. The zero-order valence-corrected chi connectivity index (χ0v) is 23.0. The summed E-state index contributed by atoms with van der Waals surface area (Å²) in [7, 11) is 0. The molecule has 0 rings (SSSR count). The molecule has 0 spiro atoms. The van der Waals surface area contributed by atoms with Crippen molar-refractivity contribution in [3.8, 4) is 0 Å². The summed E-state index contributed by atoms with van der Waals surface area (Å²) >= 11 is 0. The van der Waals surface area contributed by atoms with E-state index in [2.05, 4.69) is 5.32 Å². The Labute approximate surface area is 223 Å². The van der Waals surface area contributed by atoms with Crippen LogP contribution in [0, 0.1) is 5.92 Å². The van der Waals surface area contributed by atoms with Gasteiger partial charge < -0.3 is 25.0 Å². The zero-order chi connectivity index (χ0) is 27.6. The Bertz CT molecular complexity index is 611. The number of carbonyl (C=O) groups is 4. The van der Waals surface area contributed by atoms with Gasteiger partial charge in [-0.3, -0.25) is 19.2 Å². The number of unbranched alkanes of at least 4 members (excludes halogenated alkanes) is 11. The first-order chi connectivity index (χ1) is 17.9. The first kappa shape index (κ1) is 35.0. The lowest BCUT2D eigenvalue weighted by Crippen LogP contribution is -2.29. The van der Waals surface area contributed by atoms with Gasteiger partial charge in [0.1, 0.15) is 5.78 Å². The molecular weight excluding hydrogens is 478 g/mol. The molecule has 1 atom stereocenters. The molecule has 9 nitrogen and oxygen atoms in total. The molecule has 0 heterocycles. The van der Waals surface area contributed by atoms with Crippen LogP contribution < -0.4 is 5.32 Å². The number of hydrogen-bond donors (Lipinski definition) is 3. The predicted octanol–water partition coefficient (Wildman–Crippen LogP) is 5.14. The van der Waals surface area contributed by atoms with Gasteiger partial charge >= 0.3 is 11.9 Å². The second-order valence-corrected chi connectivity index (χ2v) is 9.61. The van der Waals surface area contributed by atoms with Crippen molar-refractivity contribution >= 4 is 23.6 Å². The molecule has 0 aliphatic rings. The molecule has 0 aliphatic carbocycles. The van der Waals surface area contributed by atoms with Crippen molar-refractivity contribution in [2.45, 2.75) is 116 Å². The number of Topliss-reactive ketones (excluding diaryl/α,β-unsaturated/α-hetero) is 1. The predicted molar refractivity (Wildman–Crippen MR) is 143 cm³/mol. The van der Waals surface area contributed by atoms with Gasteiger partial charge in [-0.15, -0.1) is 0 Å². The van der Waals surface area contributed by atoms with Gasteiger partial charge in [0.25, 0.3) is 0 Å². The van der Waals surface area contributed by atoms with E-state index in [-0.39, 0.29) is 37.4 Å². The number of carbonyl (C=O) groups excluding carboxylic acids is 2. The smallest absolute Gasteiger partial charge is 0.306 e. The Morgan fingerprint density at radius 1 is 0.676 bits per heavy atom. The second kappa shape index (κ2) is 25.6. The van der Waals surface area contributed by atoms with Crippen LogP contribution in [0.4, 0.5) is 0 Å². The minimum Gasteiger partial charge on any atom is -0.481 e. The fourth-order valence-corrected chi connectivity index (χ4v) is 4.08. The van der Waals surface area contributed by atoms with Crippen LogP contribution in [0.1, 0.15) is 116 Å². The van der Waals surface area contributed by atoms with Gasteiger partial charge in [0.2, 0.25) is 5.91 Å². The molecule has 0 bridgehead atoms. The summed E-state index contributed by atoms with van der Waals surface area (Å²) in [4.78, 5) is 46.1. The molecule has 216 valence electrons. The van der Waals surface area contributed by atoms with E-state index in [1.165, 1.54) is 32.1 Å². The van der Waals surface area contributed by atoms with Crippen LogP contribution in [-0.4, -0.2) is 66.8 Å². The van der Waals surface area contributed by atoms with Crippen LogP contribution in [-0.2, 0) is 28.7 Å². The molecule has 0 radical (unpaired) electrons. The van der Waals surface area contributed by atoms with E-state index in [0.29, 0.717) is 39.4 Å². The average Bonchev–Trinajstić information content (AvgIpc) is 2.85. The molecule has 1 unspecified atom stereocenters. The van der Waals surface area contributed by atoms with Gasteiger partial charge in [-0.2, -0.15) is 0 Å². The highest BCUT2D eigenvalue weighted by Gasteiger charge is 2.22. The highest BCUT2D eigenvalue weighted by Crippen LogP contribution is 2.16. The third-order valence-electron chi connectivity index (χ3n) is 6.28. The second-order valence-electron chi connectivity index (χ2n) is 9.61. The van der Waals surface area contributed by atoms with Gasteiger partial charge in [-0.25, -0.2) is 0 Å². The van der Waals surface area contributed by atoms with Crippen LogP contribution in [0.3, 0.4) is 0 Å². The van der Waals surface area contributed by atoms with E-state index >= 15 is 0 Å². The quantitative estimate of drug-likeness (QED) is 0.118. The van der Waals surface area contributed by atoms with Crippen LogP contribution in [0.15, 0.2) is 0 Å². The van der Waals surface area contributed by atoms with Crippen LogP contribution in [0.5, 0.6) is 0 Å². The van der Waals surface area contributed by atoms with Crippen molar-refractivity contribution in [1.29, 1.82) is 0 Å². The Morgan fingerprint density at radius 3 is 1.70 bits per heavy atom. The number of ether oxygens (including phenoxy) is 2. The number of amides is 1. The lowest BCUT2D eigenvalue weighted by molar-refractivity contribution is -0.144. The maximum absolute atomic E-state index is 12.2. The molecular formula is C28H51NO8. The average molecular weight is 530 g/mol. The van der Waals surface area contributed by atoms with Crippen molar-refractivity contribution in [3.05, 3.63) is 0 Å². The molecule has 0 aromatic heterocycles. The summed E-state index contributed by atoms with van der Waals surface area (Å²) in [6.45, 7) is 4.25. The Hall–Kier alpha value is -2.00. The number of ketones is 1. The van der Waals surface area contributed by atoms with E-state index in [9.17, 15) is 24.3 Å². The van der Waals surface area contributed by atoms with Crippen LogP contribution in [0.25, 0.3) is 0 Å². The summed E-state index contributed by atoms with van der Waals surface area (Å²) < 4.78 is 10.5. The van der Waals surface area contributed by atoms with Crippen molar-refractivity contribution in [3.63, 3.8) is 0 Å². The molecule has 0 saturated carbocycles. The summed E-state index contributed by atoms with van der Waals surface area (Å²) in [5.74, 6) is -2.84. The van der Waals surface area contributed by atoms with E-state index in [1.807, 2.05) is 6.92 Å². The van der Waals surface area contributed by atoms with Crippen LogP contribution in [0.2, 0.25) is 0 Å². The number of carboxylic acids is 2. The molecule has 37 heavy (non-hydrogen) atoms. The first-order valence-corrected chi connectivity index (χ1v) is 14.2. The van der Waals surface area contributed by atoms with Gasteiger partial charge in [0.05, 0.1) is 25.7 Å². The normalized spacial score (nSPS) is 11.8. The summed E-state index contributed by atoms with van der Waals surface area (Å²) in [5.41, 5.74) is 0. The van der Waals surface area contributed by atoms with Gasteiger partial charge in [0.15, 0.2) is 0 Å². The maximum atomic E-state index is 12.2. The Morgan fingerprint density at radius 2 is 1.19 bits per heavy atom. The fraction of sp³-hybridized carbons (Fsp3) is 0.857. The SMILES string of the molecule is CCOCCOCCNC(=O)CCC(CC(=O)CCCCCCCCCCCCCCC(=O)O)C(=O)O. The summed E-state index contributed by atoms with van der Waals surface area (Å²) in [6, 6.07) is 0. The van der Waals surface area contributed by atoms with Gasteiger partial charge in [0, 0.05) is 38.8 Å². The maximum Gasteiger partial charge on any atom is 0.306 e. The topological polar surface area (TPSA) is 139 Å². The Kier molecular flexibility index (Phi) is 24.3. The molecule has 0 aromatic rings. The van der Waals surface area contributed by atoms with Gasteiger partial charge in [-0.1, -0.05) is 64.2 Å². The van der Waals surface area contributed by atoms with E-state index in [0.717, 1.165) is 44.9 Å². The summed E-state index contributed by atoms with van der Waals surface area (Å²) in [5, 5.41) is 20.7. The molecule has 0 saturated heterocycles. The fourth-order valence-electron chi connectivity index (χ4n) is 4.08. The van der Waals surface area contributed by atoms with Crippen molar-refractivity contribution in [2.24, 2.45) is 5.92 Å². The third-order valence-corrected chi connectivity index (χ3v) is 6.28. The molecule has 0 fully saturated rings.